The van der Waals surface area contributed by atoms with Crippen LogP contribution >= 0.6 is 0 Å². The van der Waals surface area contributed by atoms with Crippen molar-refractivity contribution < 1.29 is 26.4 Å². The summed E-state index contributed by atoms with van der Waals surface area (Å²) >= 11 is 0. The first-order valence-corrected chi connectivity index (χ1v) is 8.16. The zero-order valence-electron chi connectivity index (χ0n) is 11.6. The van der Waals surface area contributed by atoms with Crippen molar-refractivity contribution in [2.75, 3.05) is 12.8 Å². The topological polar surface area (TPSA) is 75.3 Å². The summed E-state index contributed by atoms with van der Waals surface area (Å²) in [5, 5.41) is 2.45. The second-order valence-corrected chi connectivity index (χ2v) is 6.99. The molecule has 2 unspecified atom stereocenters. The number of hydrogen-bond acceptors (Lipinski definition) is 3. The molecule has 0 saturated heterocycles. The monoisotopic (exact) mass is 336 g/mol. The number of benzene rings is 1. The normalized spacial score (nSPS) is 21.5. The van der Waals surface area contributed by atoms with Crippen LogP contribution in [0.3, 0.4) is 0 Å². The van der Waals surface area contributed by atoms with Gasteiger partial charge in [-0.2, -0.15) is 13.2 Å². The molecule has 2 N–H and O–H groups in total. The van der Waals surface area contributed by atoms with E-state index in [4.69, 9.17) is 0 Å². The summed E-state index contributed by atoms with van der Waals surface area (Å²) in [5.74, 6) is -1.92. The van der Waals surface area contributed by atoms with Gasteiger partial charge in [0.2, 0.25) is 15.9 Å². The molecule has 1 saturated carbocycles. The van der Waals surface area contributed by atoms with E-state index in [1.165, 1.54) is 25.2 Å². The maximum atomic E-state index is 12.9. The van der Waals surface area contributed by atoms with E-state index in [-0.39, 0.29) is 5.56 Å². The molecule has 1 aliphatic rings. The van der Waals surface area contributed by atoms with Gasteiger partial charge in [-0.1, -0.05) is 18.2 Å². The molecule has 9 heteroatoms. The fourth-order valence-electron chi connectivity index (χ4n) is 2.27. The van der Waals surface area contributed by atoms with E-state index in [1.54, 1.807) is 0 Å². The minimum Gasteiger partial charge on any atom is -0.352 e. The van der Waals surface area contributed by atoms with E-state index in [9.17, 15) is 26.4 Å². The summed E-state index contributed by atoms with van der Waals surface area (Å²) in [6.45, 7) is 0. The Hall–Kier alpha value is -1.61. The van der Waals surface area contributed by atoms with Crippen LogP contribution in [0.5, 0.6) is 0 Å². The van der Waals surface area contributed by atoms with Crippen molar-refractivity contribution in [3.05, 3.63) is 35.4 Å². The zero-order chi connectivity index (χ0) is 16.5. The number of alkyl halides is 3. The van der Waals surface area contributed by atoms with E-state index in [0.717, 1.165) is 6.07 Å². The molecule has 1 aromatic carbocycles. The van der Waals surface area contributed by atoms with Gasteiger partial charge in [0.25, 0.3) is 0 Å². The highest BCUT2D eigenvalue weighted by atomic mass is 32.2. The Balaban J connectivity index is 2.04. The van der Waals surface area contributed by atoms with Crippen LogP contribution in [-0.4, -0.2) is 33.2 Å². The van der Waals surface area contributed by atoms with Gasteiger partial charge in [-0.05, 0) is 25.1 Å². The highest BCUT2D eigenvalue weighted by Gasteiger charge is 2.45. The molecule has 1 fully saturated rings. The Bertz CT molecular complexity index is 673. The Morgan fingerprint density at radius 3 is 2.55 bits per heavy atom. The first-order chi connectivity index (χ1) is 10.1. The summed E-state index contributed by atoms with van der Waals surface area (Å²) in [6.07, 6.45) is -4.10. The van der Waals surface area contributed by atoms with Crippen LogP contribution < -0.4 is 10.0 Å². The number of nitrogens with one attached hydrogen (secondary N) is 2. The van der Waals surface area contributed by atoms with Crippen LogP contribution in [0.1, 0.15) is 23.5 Å². The number of carbonyl (C=O) groups is 1. The van der Waals surface area contributed by atoms with Gasteiger partial charge in [0.15, 0.2) is 0 Å². The molecule has 0 radical (unpaired) electrons. The van der Waals surface area contributed by atoms with Gasteiger partial charge < -0.3 is 5.32 Å². The Kier molecular flexibility index (Phi) is 4.48. The molecule has 1 aromatic rings. The third-order valence-electron chi connectivity index (χ3n) is 3.43. The van der Waals surface area contributed by atoms with E-state index in [0.29, 0.717) is 6.42 Å². The standard InChI is InChI=1S/C13H15F3N2O3S/c1-17-22(20,21)7-12(19)18-11-6-9(11)8-4-2-3-5-10(8)13(14,15)16/h2-5,9,11,17H,6-7H2,1H3,(H,18,19). The molecular weight excluding hydrogens is 321 g/mol. The van der Waals surface area contributed by atoms with Crippen molar-refractivity contribution >= 4 is 15.9 Å². The fraction of sp³-hybridized carbons (Fsp3) is 0.462. The van der Waals surface area contributed by atoms with Gasteiger partial charge in [-0.15, -0.1) is 0 Å². The number of amides is 1. The highest BCUT2D eigenvalue weighted by Crippen LogP contribution is 2.46. The molecule has 0 heterocycles. The molecule has 1 aliphatic carbocycles. The van der Waals surface area contributed by atoms with Crippen molar-refractivity contribution in [3.63, 3.8) is 0 Å². The van der Waals surface area contributed by atoms with Crippen molar-refractivity contribution in [2.45, 2.75) is 24.6 Å². The van der Waals surface area contributed by atoms with E-state index in [1.807, 2.05) is 4.72 Å². The Labute approximate surface area is 125 Å². The van der Waals surface area contributed by atoms with Crippen LogP contribution in [0.4, 0.5) is 13.2 Å². The molecule has 1 amide bonds. The predicted octanol–water partition coefficient (Wildman–Crippen LogP) is 1.23. The molecular formula is C13H15F3N2O3S. The summed E-state index contributed by atoms with van der Waals surface area (Å²) in [5.41, 5.74) is -0.601. The van der Waals surface area contributed by atoms with Crippen LogP contribution in [0.2, 0.25) is 0 Å². The third-order valence-corrected chi connectivity index (χ3v) is 4.70. The highest BCUT2D eigenvalue weighted by molar-refractivity contribution is 7.90. The average molecular weight is 336 g/mol. The number of sulfonamides is 1. The van der Waals surface area contributed by atoms with Crippen LogP contribution in [0.15, 0.2) is 24.3 Å². The van der Waals surface area contributed by atoms with Crippen molar-refractivity contribution in [1.82, 2.24) is 10.0 Å². The molecule has 0 bridgehead atoms. The van der Waals surface area contributed by atoms with Crippen LogP contribution in [0.25, 0.3) is 0 Å². The fourth-order valence-corrected chi connectivity index (χ4v) is 2.84. The van der Waals surface area contributed by atoms with Crippen molar-refractivity contribution in [2.24, 2.45) is 0 Å². The third kappa shape index (κ3) is 3.98. The van der Waals surface area contributed by atoms with E-state index < -0.39 is 45.4 Å². The van der Waals surface area contributed by atoms with Gasteiger partial charge >= 0.3 is 6.18 Å². The van der Waals surface area contributed by atoms with Gasteiger partial charge in [-0.25, -0.2) is 13.1 Å². The molecule has 0 spiro atoms. The molecule has 0 aliphatic heterocycles. The summed E-state index contributed by atoms with van der Waals surface area (Å²) in [7, 11) is -2.51. The van der Waals surface area contributed by atoms with Crippen LogP contribution in [0, 0.1) is 0 Å². The van der Waals surface area contributed by atoms with Crippen molar-refractivity contribution in [1.29, 1.82) is 0 Å². The van der Waals surface area contributed by atoms with Gasteiger partial charge in [0, 0.05) is 12.0 Å². The molecule has 2 rings (SSSR count). The van der Waals surface area contributed by atoms with E-state index in [2.05, 4.69) is 5.32 Å². The van der Waals surface area contributed by atoms with Crippen LogP contribution in [-0.2, 0) is 21.0 Å². The quantitative estimate of drug-likeness (QED) is 0.849. The average Bonchev–Trinajstić information content (AvgIpc) is 3.16. The first kappa shape index (κ1) is 16.8. The second-order valence-electron chi connectivity index (χ2n) is 5.06. The number of rotatable bonds is 5. The molecule has 122 valence electrons. The lowest BCUT2D eigenvalue weighted by Gasteiger charge is -2.12. The second kappa shape index (κ2) is 5.88. The zero-order valence-corrected chi connectivity index (χ0v) is 12.5. The smallest absolute Gasteiger partial charge is 0.352 e. The lowest BCUT2D eigenvalue weighted by atomic mass is 10.0. The summed E-state index contributed by atoms with van der Waals surface area (Å²) in [6, 6.07) is 4.72. The minimum absolute atomic E-state index is 0.122. The predicted molar refractivity (Wildman–Crippen MR) is 73.6 cm³/mol. The first-order valence-electron chi connectivity index (χ1n) is 6.51. The SMILES string of the molecule is CNS(=O)(=O)CC(=O)NC1CC1c1ccccc1C(F)(F)F. The summed E-state index contributed by atoms with van der Waals surface area (Å²) in [4.78, 5) is 11.6. The molecule has 5 nitrogen and oxygen atoms in total. The number of halogens is 3. The Morgan fingerprint density at radius 1 is 1.32 bits per heavy atom. The largest absolute Gasteiger partial charge is 0.416 e. The molecule has 0 aromatic heterocycles. The molecule has 2 atom stereocenters. The van der Waals surface area contributed by atoms with E-state index >= 15 is 0 Å². The van der Waals surface area contributed by atoms with Gasteiger partial charge in [0.05, 0.1) is 5.56 Å². The molecule has 22 heavy (non-hydrogen) atoms. The van der Waals surface area contributed by atoms with Crippen molar-refractivity contribution in [3.8, 4) is 0 Å². The van der Waals surface area contributed by atoms with Gasteiger partial charge in [-0.3, -0.25) is 4.79 Å². The lowest BCUT2D eigenvalue weighted by Crippen LogP contribution is -2.36. The maximum absolute atomic E-state index is 12.9. The number of hydrogen-bond donors (Lipinski definition) is 2. The lowest BCUT2D eigenvalue weighted by molar-refractivity contribution is -0.138. The summed E-state index contributed by atoms with van der Waals surface area (Å²) < 4.78 is 63.2. The van der Waals surface area contributed by atoms with Gasteiger partial charge in [0.1, 0.15) is 5.75 Å². The minimum atomic E-state index is -4.46. The maximum Gasteiger partial charge on any atom is 0.416 e. The Morgan fingerprint density at radius 2 is 1.95 bits per heavy atom. The number of carbonyl (C=O) groups excluding carboxylic acids is 1.